The summed E-state index contributed by atoms with van der Waals surface area (Å²) in [5.41, 5.74) is 1.12. The van der Waals surface area contributed by atoms with E-state index >= 15 is 0 Å². The number of aromatic nitrogens is 1. The molecular formula is C17H23N3. The molecule has 0 unspecified atom stereocenters. The maximum absolute atomic E-state index is 4.90. The predicted octanol–water partition coefficient (Wildman–Crippen LogP) is 3.33. The maximum Gasteiger partial charge on any atom is 0.136 e. The van der Waals surface area contributed by atoms with Crippen LogP contribution in [0, 0.1) is 0 Å². The molecule has 1 aromatic heterocycles. The van der Waals surface area contributed by atoms with Crippen molar-refractivity contribution in [2.45, 2.75) is 45.3 Å². The van der Waals surface area contributed by atoms with Crippen molar-refractivity contribution in [1.82, 2.24) is 10.3 Å². The zero-order chi connectivity index (χ0) is 14.1. The van der Waals surface area contributed by atoms with E-state index in [2.05, 4.69) is 61.4 Å². The predicted molar refractivity (Wildman–Crippen MR) is 85.1 cm³/mol. The van der Waals surface area contributed by atoms with Gasteiger partial charge in [-0.1, -0.05) is 38.1 Å². The molecule has 0 atom stereocenters. The lowest BCUT2D eigenvalue weighted by Gasteiger charge is -2.21. The van der Waals surface area contributed by atoms with Gasteiger partial charge in [0, 0.05) is 31.1 Å². The van der Waals surface area contributed by atoms with Crippen LogP contribution in [0.15, 0.2) is 30.3 Å². The Labute approximate surface area is 121 Å². The van der Waals surface area contributed by atoms with Crippen molar-refractivity contribution in [3.63, 3.8) is 0 Å². The van der Waals surface area contributed by atoms with Crippen LogP contribution in [0.2, 0.25) is 0 Å². The number of benzene rings is 1. The fourth-order valence-electron chi connectivity index (χ4n) is 2.54. The number of nitrogens with zero attached hydrogens (tertiary/aromatic N) is 2. The molecular weight excluding hydrogens is 246 g/mol. The molecule has 0 spiro atoms. The second-order valence-electron chi connectivity index (χ2n) is 6.04. The number of nitrogens with one attached hydrogen (secondary N) is 1. The van der Waals surface area contributed by atoms with Gasteiger partial charge in [0.15, 0.2) is 0 Å². The lowest BCUT2D eigenvalue weighted by molar-refractivity contribution is 0.581. The SMILES string of the molecule is CC(C)NCc1cc2ccccc2c(N(C)C2CC2)n1. The molecule has 2 aromatic rings. The molecule has 1 saturated carbocycles. The minimum atomic E-state index is 0.480. The normalized spacial score (nSPS) is 15.0. The third-order valence-corrected chi connectivity index (χ3v) is 3.89. The molecule has 0 saturated heterocycles. The average molecular weight is 269 g/mol. The van der Waals surface area contributed by atoms with E-state index in [1.807, 2.05) is 0 Å². The van der Waals surface area contributed by atoms with E-state index < -0.39 is 0 Å². The summed E-state index contributed by atoms with van der Waals surface area (Å²) in [6.07, 6.45) is 2.59. The van der Waals surface area contributed by atoms with Crippen molar-refractivity contribution in [2.24, 2.45) is 0 Å². The number of pyridine rings is 1. The zero-order valence-electron chi connectivity index (χ0n) is 12.6. The van der Waals surface area contributed by atoms with Gasteiger partial charge >= 0.3 is 0 Å². The summed E-state index contributed by atoms with van der Waals surface area (Å²) < 4.78 is 0. The Morgan fingerprint density at radius 3 is 2.75 bits per heavy atom. The maximum atomic E-state index is 4.90. The molecule has 1 aromatic carbocycles. The van der Waals surface area contributed by atoms with Crippen LogP contribution in [-0.2, 0) is 6.54 Å². The second kappa shape index (κ2) is 5.41. The second-order valence-corrected chi connectivity index (χ2v) is 6.04. The Morgan fingerprint density at radius 1 is 1.30 bits per heavy atom. The smallest absolute Gasteiger partial charge is 0.136 e. The molecule has 3 nitrogen and oxygen atoms in total. The minimum absolute atomic E-state index is 0.480. The summed E-state index contributed by atoms with van der Waals surface area (Å²) in [6, 6.07) is 11.9. The Hall–Kier alpha value is -1.61. The van der Waals surface area contributed by atoms with Gasteiger partial charge in [-0.2, -0.15) is 0 Å². The molecule has 3 heteroatoms. The van der Waals surface area contributed by atoms with E-state index in [4.69, 9.17) is 4.98 Å². The van der Waals surface area contributed by atoms with E-state index in [0.717, 1.165) is 18.1 Å². The van der Waals surface area contributed by atoms with E-state index in [9.17, 15) is 0 Å². The van der Waals surface area contributed by atoms with Crippen molar-refractivity contribution >= 4 is 16.6 Å². The first-order valence-electron chi connectivity index (χ1n) is 7.50. The summed E-state index contributed by atoms with van der Waals surface area (Å²) in [4.78, 5) is 7.25. The van der Waals surface area contributed by atoms with Gasteiger partial charge in [0.2, 0.25) is 0 Å². The van der Waals surface area contributed by atoms with Gasteiger partial charge in [0.25, 0.3) is 0 Å². The molecule has 1 aliphatic carbocycles. The number of hydrogen-bond acceptors (Lipinski definition) is 3. The monoisotopic (exact) mass is 269 g/mol. The molecule has 0 radical (unpaired) electrons. The number of hydrogen-bond donors (Lipinski definition) is 1. The van der Waals surface area contributed by atoms with Crippen LogP contribution in [0.4, 0.5) is 5.82 Å². The molecule has 0 aliphatic heterocycles. The summed E-state index contributed by atoms with van der Waals surface area (Å²) >= 11 is 0. The highest BCUT2D eigenvalue weighted by Crippen LogP contribution is 2.33. The number of anilines is 1. The van der Waals surface area contributed by atoms with Crippen LogP contribution < -0.4 is 10.2 Å². The molecule has 0 amide bonds. The van der Waals surface area contributed by atoms with E-state index in [1.54, 1.807) is 0 Å². The Morgan fingerprint density at radius 2 is 2.05 bits per heavy atom. The van der Waals surface area contributed by atoms with Gasteiger partial charge in [0.1, 0.15) is 5.82 Å². The molecule has 1 heterocycles. The van der Waals surface area contributed by atoms with E-state index in [0.29, 0.717) is 12.1 Å². The highest BCUT2D eigenvalue weighted by molar-refractivity contribution is 5.92. The largest absolute Gasteiger partial charge is 0.356 e. The summed E-state index contributed by atoms with van der Waals surface area (Å²) in [7, 11) is 2.17. The Balaban J connectivity index is 2.00. The molecule has 1 N–H and O–H groups in total. The zero-order valence-corrected chi connectivity index (χ0v) is 12.6. The van der Waals surface area contributed by atoms with E-state index in [-0.39, 0.29) is 0 Å². The average Bonchev–Trinajstić information content (AvgIpc) is 3.28. The molecule has 20 heavy (non-hydrogen) atoms. The van der Waals surface area contributed by atoms with Crippen molar-refractivity contribution < 1.29 is 0 Å². The van der Waals surface area contributed by atoms with Crippen LogP contribution in [0.1, 0.15) is 32.4 Å². The van der Waals surface area contributed by atoms with E-state index in [1.165, 1.54) is 23.6 Å². The quantitative estimate of drug-likeness (QED) is 0.902. The van der Waals surface area contributed by atoms with Gasteiger partial charge in [-0.05, 0) is 24.3 Å². The fourth-order valence-corrected chi connectivity index (χ4v) is 2.54. The van der Waals surface area contributed by atoms with Crippen LogP contribution in [0.3, 0.4) is 0 Å². The molecule has 1 fully saturated rings. The standard InChI is InChI=1S/C17H23N3/c1-12(2)18-11-14-10-13-6-4-5-7-16(13)17(19-14)20(3)15-8-9-15/h4-7,10,12,15,18H,8-9,11H2,1-3H3. The van der Waals surface area contributed by atoms with Gasteiger partial charge in [-0.3, -0.25) is 0 Å². The Bertz CT molecular complexity index is 602. The van der Waals surface area contributed by atoms with Crippen LogP contribution in [-0.4, -0.2) is 24.1 Å². The van der Waals surface area contributed by atoms with Gasteiger partial charge in [-0.25, -0.2) is 4.98 Å². The lowest BCUT2D eigenvalue weighted by Crippen LogP contribution is -2.24. The van der Waals surface area contributed by atoms with Crippen molar-refractivity contribution in [2.75, 3.05) is 11.9 Å². The van der Waals surface area contributed by atoms with Gasteiger partial charge in [-0.15, -0.1) is 0 Å². The lowest BCUT2D eigenvalue weighted by atomic mass is 10.1. The number of fused-ring (bicyclic) bond motifs is 1. The summed E-state index contributed by atoms with van der Waals surface area (Å²) in [5, 5.41) is 6.00. The third kappa shape index (κ3) is 2.78. The van der Waals surface area contributed by atoms with Gasteiger partial charge in [0.05, 0.1) is 5.69 Å². The van der Waals surface area contributed by atoms with Crippen LogP contribution >= 0.6 is 0 Å². The van der Waals surface area contributed by atoms with Crippen LogP contribution in [0.25, 0.3) is 10.8 Å². The first-order valence-corrected chi connectivity index (χ1v) is 7.50. The highest BCUT2D eigenvalue weighted by atomic mass is 15.2. The number of rotatable bonds is 5. The van der Waals surface area contributed by atoms with Crippen molar-refractivity contribution in [3.05, 3.63) is 36.0 Å². The van der Waals surface area contributed by atoms with Crippen LogP contribution in [0.5, 0.6) is 0 Å². The Kier molecular flexibility index (Phi) is 3.62. The van der Waals surface area contributed by atoms with Crippen molar-refractivity contribution in [3.8, 4) is 0 Å². The minimum Gasteiger partial charge on any atom is -0.356 e. The molecule has 106 valence electrons. The van der Waals surface area contributed by atoms with Gasteiger partial charge < -0.3 is 10.2 Å². The summed E-state index contributed by atoms with van der Waals surface area (Å²) in [6.45, 7) is 5.16. The van der Waals surface area contributed by atoms with Crippen molar-refractivity contribution in [1.29, 1.82) is 0 Å². The topological polar surface area (TPSA) is 28.2 Å². The first-order chi connectivity index (χ1) is 9.65. The fraction of sp³-hybridized carbons (Fsp3) is 0.471. The highest BCUT2D eigenvalue weighted by Gasteiger charge is 2.28. The first kappa shape index (κ1) is 13.4. The molecule has 3 rings (SSSR count). The molecule has 0 bridgehead atoms. The third-order valence-electron chi connectivity index (χ3n) is 3.89. The molecule has 1 aliphatic rings. The summed E-state index contributed by atoms with van der Waals surface area (Å²) in [5.74, 6) is 1.13.